The van der Waals surface area contributed by atoms with Crippen LogP contribution >= 0.6 is 0 Å². The lowest BCUT2D eigenvalue weighted by Crippen LogP contribution is -2.41. The van der Waals surface area contributed by atoms with Crippen molar-refractivity contribution < 1.29 is 4.79 Å². The third-order valence-corrected chi connectivity index (χ3v) is 4.20. The lowest BCUT2D eigenvalue weighted by atomic mass is 9.95. The van der Waals surface area contributed by atoms with Crippen LogP contribution in [0.2, 0.25) is 0 Å². The van der Waals surface area contributed by atoms with Crippen LogP contribution in [0.4, 0.5) is 0 Å². The van der Waals surface area contributed by atoms with E-state index >= 15 is 0 Å². The highest BCUT2D eigenvalue weighted by molar-refractivity contribution is 5.76. The molecule has 1 fully saturated rings. The first-order valence-corrected chi connectivity index (χ1v) is 7.44. The molecule has 0 radical (unpaired) electrons. The van der Waals surface area contributed by atoms with Gasteiger partial charge in [-0.1, -0.05) is 19.1 Å². The van der Waals surface area contributed by atoms with Gasteiger partial charge in [-0.2, -0.15) is 0 Å². The van der Waals surface area contributed by atoms with E-state index in [4.69, 9.17) is 0 Å². The normalized spacial score (nSPS) is 24.7. The van der Waals surface area contributed by atoms with E-state index < -0.39 is 0 Å². The highest BCUT2D eigenvalue weighted by Crippen LogP contribution is 2.23. The predicted molar refractivity (Wildman–Crippen MR) is 74.3 cm³/mol. The number of nitrogens with one attached hydrogen (secondary N) is 1. The molecule has 102 valence electrons. The van der Waals surface area contributed by atoms with Gasteiger partial charge in [-0.15, -0.1) is 0 Å². The Morgan fingerprint density at radius 2 is 2.11 bits per heavy atom. The summed E-state index contributed by atoms with van der Waals surface area (Å²) in [6, 6.07) is 0. The van der Waals surface area contributed by atoms with Crippen LogP contribution in [0, 0.1) is 11.8 Å². The molecule has 0 bridgehead atoms. The van der Waals surface area contributed by atoms with Crippen LogP contribution in [0.1, 0.15) is 39.0 Å². The number of piperidine rings is 1. The lowest BCUT2D eigenvalue weighted by Gasteiger charge is -2.32. The van der Waals surface area contributed by atoms with Gasteiger partial charge >= 0.3 is 0 Å². The SMILES string of the molecule is CCNCC1CCN(C(=O)CC2C=CCC2)CC1. The molecule has 0 aromatic heterocycles. The number of allylic oxidation sites excluding steroid dienone is 2. The molecule has 18 heavy (non-hydrogen) atoms. The Balaban J connectivity index is 1.68. The van der Waals surface area contributed by atoms with Crippen molar-refractivity contribution in [2.24, 2.45) is 11.8 Å². The molecule has 3 heteroatoms. The fraction of sp³-hybridized carbons (Fsp3) is 0.800. The first-order chi connectivity index (χ1) is 8.79. The summed E-state index contributed by atoms with van der Waals surface area (Å²) in [5.74, 6) is 1.64. The van der Waals surface area contributed by atoms with Gasteiger partial charge in [-0.05, 0) is 50.6 Å². The largest absolute Gasteiger partial charge is 0.343 e. The smallest absolute Gasteiger partial charge is 0.223 e. The molecular weight excluding hydrogens is 224 g/mol. The number of hydrogen-bond acceptors (Lipinski definition) is 2. The van der Waals surface area contributed by atoms with Crippen molar-refractivity contribution in [2.45, 2.75) is 39.0 Å². The van der Waals surface area contributed by atoms with Gasteiger partial charge in [0.15, 0.2) is 0 Å². The number of rotatable bonds is 5. The van der Waals surface area contributed by atoms with Crippen LogP contribution in [0.5, 0.6) is 0 Å². The summed E-state index contributed by atoms with van der Waals surface area (Å²) in [6.45, 7) is 6.24. The van der Waals surface area contributed by atoms with E-state index in [9.17, 15) is 4.79 Å². The van der Waals surface area contributed by atoms with Gasteiger partial charge in [-0.3, -0.25) is 4.79 Å². The molecule has 2 rings (SSSR count). The summed E-state index contributed by atoms with van der Waals surface area (Å²) in [7, 11) is 0. The monoisotopic (exact) mass is 250 g/mol. The Bertz CT molecular complexity index is 293. The van der Waals surface area contributed by atoms with Crippen molar-refractivity contribution in [1.29, 1.82) is 0 Å². The second-order valence-electron chi connectivity index (χ2n) is 5.60. The van der Waals surface area contributed by atoms with Crippen molar-refractivity contribution >= 4 is 5.91 Å². The zero-order valence-corrected chi connectivity index (χ0v) is 11.5. The zero-order valence-electron chi connectivity index (χ0n) is 11.5. The topological polar surface area (TPSA) is 32.3 Å². The Labute approximate surface area is 111 Å². The molecule has 0 aromatic carbocycles. The molecular formula is C15H26N2O. The summed E-state index contributed by atoms with van der Waals surface area (Å²) < 4.78 is 0. The Kier molecular flexibility index (Phi) is 5.24. The molecule has 1 amide bonds. The van der Waals surface area contributed by atoms with Gasteiger partial charge in [0.25, 0.3) is 0 Å². The van der Waals surface area contributed by atoms with Crippen molar-refractivity contribution in [1.82, 2.24) is 10.2 Å². The molecule has 0 saturated carbocycles. The molecule has 0 spiro atoms. The first-order valence-electron chi connectivity index (χ1n) is 7.44. The minimum absolute atomic E-state index is 0.369. The quantitative estimate of drug-likeness (QED) is 0.759. The third kappa shape index (κ3) is 3.84. The standard InChI is InChI=1S/C15H26N2O/c1-2-16-12-14-7-9-17(10-8-14)15(18)11-13-5-3-4-6-13/h3,5,13-14,16H,2,4,6-12H2,1H3. The number of hydrogen-bond donors (Lipinski definition) is 1. The summed E-state index contributed by atoms with van der Waals surface area (Å²) >= 11 is 0. The van der Waals surface area contributed by atoms with E-state index in [0.29, 0.717) is 11.8 Å². The number of amides is 1. The number of carbonyl (C=O) groups is 1. The van der Waals surface area contributed by atoms with Crippen LogP contribution in [-0.2, 0) is 4.79 Å². The third-order valence-electron chi connectivity index (χ3n) is 4.20. The van der Waals surface area contributed by atoms with Crippen molar-refractivity contribution in [3.05, 3.63) is 12.2 Å². The fourth-order valence-electron chi connectivity index (χ4n) is 2.95. The van der Waals surface area contributed by atoms with E-state index in [0.717, 1.165) is 44.9 Å². The highest BCUT2D eigenvalue weighted by atomic mass is 16.2. The van der Waals surface area contributed by atoms with E-state index in [1.54, 1.807) is 0 Å². The Morgan fingerprint density at radius 1 is 1.33 bits per heavy atom. The minimum atomic E-state index is 0.369. The molecule has 1 aliphatic carbocycles. The van der Waals surface area contributed by atoms with Gasteiger partial charge < -0.3 is 10.2 Å². The van der Waals surface area contributed by atoms with Gasteiger partial charge in [0, 0.05) is 19.5 Å². The maximum Gasteiger partial charge on any atom is 0.223 e. The van der Waals surface area contributed by atoms with Crippen LogP contribution < -0.4 is 5.32 Å². The molecule has 1 aliphatic heterocycles. The Hall–Kier alpha value is -0.830. The summed E-state index contributed by atoms with van der Waals surface area (Å²) in [5, 5.41) is 3.41. The minimum Gasteiger partial charge on any atom is -0.343 e. The van der Waals surface area contributed by atoms with Crippen LogP contribution in [-0.4, -0.2) is 37.0 Å². The van der Waals surface area contributed by atoms with Crippen molar-refractivity contribution in [3.63, 3.8) is 0 Å². The summed E-state index contributed by atoms with van der Waals surface area (Å²) in [6.07, 6.45) is 9.81. The summed E-state index contributed by atoms with van der Waals surface area (Å²) in [5.41, 5.74) is 0. The average molecular weight is 250 g/mol. The zero-order chi connectivity index (χ0) is 12.8. The second-order valence-corrected chi connectivity index (χ2v) is 5.60. The molecule has 0 aromatic rings. The summed E-state index contributed by atoms with van der Waals surface area (Å²) in [4.78, 5) is 14.2. The molecule has 2 aliphatic rings. The van der Waals surface area contributed by atoms with Gasteiger partial charge in [0.1, 0.15) is 0 Å². The van der Waals surface area contributed by atoms with E-state index in [2.05, 4.69) is 29.3 Å². The molecule has 1 heterocycles. The maximum atomic E-state index is 12.2. The highest BCUT2D eigenvalue weighted by Gasteiger charge is 2.24. The van der Waals surface area contributed by atoms with Crippen LogP contribution in [0.15, 0.2) is 12.2 Å². The van der Waals surface area contributed by atoms with Gasteiger partial charge in [-0.25, -0.2) is 0 Å². The van der Waals surface area contributed by atoms with E-state index in [1.165, 1.54) is 19.3 Å². The van der Waals surface area contributed by atoms with Gasteiger partial charge in [0.05, 0.1) is 0 Å². The molecule has 1 N–H and O–H groups in total. The Morgan fingerprint density at radius 3 is 2.72 bits per heavy atom. The predicted octanol–water partition coefficient (Wildman–Crippen LogP) is 2.19. The van der Waals surface area contributed by atoms with E-state index in [-0.39, 0.29) is 0 Å². The number of likely N-dealkylation sites (tertiary alicyclic amines) is 1. The maximum absolute atomic E-state index is 12.2. The fourth-order valence-corrected chi connectivity index (χ4v) is 2.95. The molecule has 1 atom stereocenters. The van der Waals surface area contributed by atoms with Crippen LogP contribution in [0.25, 0.3) is 0 Å². The molecule has 1 unspecified atom stereocenters. The molecule has 1 saturated heterocycles. The first kappa shape index (κ1) is 13.6. The van der Waals surface area contributed by atoms with Crippen molar-refractivity contribution in [3.8, 4) is 0 Å². The second kappa shape index (κ2) is 6.93. The van der Waals surface area contributed by atoms with Crippen LogP contribution in [0.3, 0.4) is 0 Å². The lowest BCUT2D eigenvalue weighted by molar-refractivity contribution is -0.133. The van der Waals surface area contributed by atoms with Crippen molar-refractivity contribution in [2.75, 3.05) is 26.2 Å². The number of carbonyl (C=O) groups excluding carboxylic acids is 1. The molecule has 3 nitrogen and oxygen atoms in total. The van der Waals surface area contributed by atoms with E-state index in [1.807, 2.05) is 0 Å². The van der Waals surface area contributed by atoms with Gasteiger partial charge in [0.2, 0.25) is 5.91 Å². The average Bonchev–Trinajstić information content (AvgIpc) is 2.89. The number of nitrogens with zero attached hydrogens (tertiary/aromatic N) is 1.